The summed E-state index contributed by atoms with van der Waals surface area (Å²) in [7, 11) is 0. The number of hydroxylamine groups is 1. The van der Waals surface area contributed by atoms with E-state index in [0.29, 0.717) is 0 Å². The van der Waals surface area contributed by atoms with E-state index in [0.717, 1.165) is 11.3 Å². The van der Waals surface area contributed by atoms with Gasteiger partial charge in [0.25, 0.3) is 0 Å². The third kappa shape index (κ3) is 1.19. The lowest BCUT2D eigenvalue weighted by Crippen LogP contribution is -2.12. The van der Waals surface area contributed by atoms with E-state index in [4.69, 9.17) is 4.84 Å². The monoisotopic (exact) mass is 165 g/mol. The van der Waals surface area contributed by atoms with Gasteiger partial charge in [-0.15, -0.1) is 0 Å². The number of fused-ring (bicyclic) bond motifs is 1. The second-order valence-electron chi connectivity index (χ2n) is 2.25. The molecule has 11 heavy (non-hydrogen) atoms. The zero-order valence-corrected chi connectivity index (χ0v) is 6.66. The van der Waals surface area contributed by atoms with Crippen molar-refractivity contribution in [3.8, 4) is 5.75 Å². The highest BCUT2D eigenvalue weighted by Crippen LogP contribution is 2.24. The van der Waals surface area contributed by atoms with Gasteiger partial charge in [0.05, 0.1) is 6.20 Å². The highest BCUT2D eigenvalue weighted by Gasteiger charge is 2.06. The van der Waals surface area contributed by atoms with Crippen molar-refractivity contribution in [1.82, 2.24) is 4.47 Å². The highest BCUT2D eigenvalue weighted by molar-refractivity contribution is 7.77. The second kappa shape index (κ2) is 2.51. The van der Waals surface area contributed by atoms with Crippen LogP contribution in [0.2, 0.25) is 0 Å². The summed E-state index contributed by atoms with van der Waals surface area (Å²) in [5.41, 5.74) is 1.08. The van der Waals surface area contributed by atoms with E-state index < -0.39 is 0 Å². The third-order valence-electron chi connectivity index (χ3n) is 1.49. The first-order chi connectivity index (χ1) is 5.36. The molecule has 1 aromatic rings. The molecule has 0 radical (unpaired) electrons. The van der Waals surface area contributed by atoms with Gasteiger partial charge in [-0.25, -0.2) is 0 Å². The summed E-state index contributed by atoms with van der Waals surface area (Å²) in [5, 5.41) is 0. The van der Waals surface area contributed by atoms with E-state index in [1.54, 1.807) is 6.20 Å². The lowest BCUT2D eigenvalue weighted by molar-refractivity contribution is 0.103. The smallest absolute Gasteiger partial charge is 0.163 e. The van der Waals surface area contributed by atoms with E-state index in [1.165, 1.54) is 4.47 Å². The Morgan fingerprint density at radius 1 is 1.27 bits per heavy atom. The van der Waals surface area contributed by atoms with E-state index in [2.05, 4.69) is 12.8 Å². The van der Waals surface area contributed by atoms with Crippen LogP contribution in [0.5, 0.6) is 5.75 Å². The van der Waals surface area contributed by atoms with Gasteiger partial charge in [-0.1, -0.05) is 18.2 Å². The summed E-state index contributed by atoms with van der Waals surface area (Å²) in [6, 6.07) is 7.80. The van der Waals surface area contributed by atoms with Gasteiger partial charge in [0, 0.05) is 5.56 Å². The summed E-state index contributed by atoms with van der Waals surface area (Å²) in [6.07, 6.45) is 3.71. The van der Waals surface area contributed by atoms with Gasteiger partial charge in [0.2, 0.25) is 0 Å². The van der Waals surface area contributed by atoms with Crippen molar-refractivity contribution in [3.63, 3.8) is 0 Å². The van der Waals surface area contributed by atoms with Gasteiger partial charge in [0.1, 0.15) is 0 Å². The van der Waals surface area contributed by atoms with Crippen LogP contribution in [-0.2, 0) is 0 Å². The lowest BCUT2D eigenvalue weighted by Gasteiger charge is -2.18. The molecule has 0 aromatic heterocycles. The molecule has 56 valence electrons. The maximum Gasteiger partial charge on any atom is 0.163 e. The molecule has 1 heterocycles. The number of hydrogen-bond acceptors (Lipinski definition) is 3. The number of thiol groups is 1. The normalized spacial score (nSPS) is 14.1. The van der Waals surface area contributed by atoms with Gasteiger partial charge in [0.15, 0.2) is 5.75 Å². The zero-order valence-electron chi connectivity index (χ0n) is 5.77. The number of nitrogens with zero attached hydrogens (tertiary/aromatic N) is 1. The molecule has 0 bridgehead atoms. The zero-order chi connectivity index (χ0) is 7.68. The average Bonchev–Trinajstić information content (AvgIpc) is 2.04. The fourth-order valence-corrected chi connectivity index (χ4v) is 1.13. The first-order valence-corrected chi connectivity index (χ1v) is 3.69. The van der Waals surface area contributed by atoms with Gasteiger partial charge in [-0.05, 0) is 25.0 Å². The minimum absolute atomic E-state index is 0.838. The van der Waals surface area contributed by atoms with Crippen LogP contribution in [0.15, 0.2) is 30.5 Å². The molecule has 1 aliphatic heterocycles. The van der Waals surface area contributed by atoms with Crippen molar-refractivity contribution in [3.05, 3.63) is 36.0 Å². The van der Waals surface area contributed by atoms with Gasteiger partial charge in [-0.3, -0.25) is 0 Å². The molecule has 0 saturated carbocycles. The first-order valence-electron chi connectivity index (χ1n) is 3.29. The Morgan fingerprint density at radius 3 is 3.00 bits per heavy atom. The Hall–Kier alpha value is -1.09. The highest BCUT2D eigenvalue weighted by atomic mass is 32.1. The Labute approximate surface area is 70.6 Å². The van der Waals surface area contributed by atoms with Gasteiger partial charge in [-0.2, -0.15) is 4.47 Å². The SMILES string of the molecule is SN1C=Cc2ccccc2O1. The first kappa shape index (κ1) is 6.61. The molecule has 0 aliphatic carbocycles. The third-order valence-corrected chi connectivity index (χ3v) is 1.71. The minimum atomic E-state index is 0.838. The molecule has 2 rings (SSSR count). The number of hydrogen-bond donors (Lipinski definition) is 1. The minimum Gasteiger partial charge on any atom is -0.369 e. The summed E-state index contributed by atoms with van der Waals surface area (Å²) >= 11 is 4.01. The van der Waals surface area contributed by atoms with Gasteiger partial charge < -0.3 is 4.84 Å². The Bertz CT molecular complexity index is 298. The second-order valence-corrected chi connectivity index (χ2v) is 2.64. The molecule has 0 saturated heterocycles. The fraction of sp³-hybridized carbons (Fsp3) is 0. The number of benzene rings is 1. The molecule has 3 heteroatoms. The molecule has 0 spiro atoms. The van der Waals surface area contributed by atoms with Crippen LogP contribution < -0.4 is 4.84 Å². The fourth-order valence-electron chi connectivity index (χ4n) is 0.977. The predicted molar refractivity (Wildman–Crippen MR) is 46.9 cm³/mol. The van der Waals surface area contributed by atoms with Crippen LogP contribution in [0.25, 0.3) is 6.08 Å². The largest absolute Gasteiger partial charge is 0.369 e. The van der Waals surface area contributed by atoms with Crippen LogP contribution in [0.1, 0.15) is 5.56 Å². The molecule has 0 fully saturated rings. The predicted octanol–water partition coefficient (Wildman–Crippen LogP) is 2.11. The molecule has 0 unspecified atom stereocenters. The van der Waals surface area contributed by atoms with Crippen molar-refractivity contribution in [2.75, 3.05) is 0 Å². The quantitative estimate of drug-likeness (QED) is 0.591. The molecule has 2 nitrogen and oxygen atoms in total. The molecule has 0 N–H and O–H groups in total. The number of para-hydroxylation sites is 1. The standard InChI is InChI=1S/C8H7NOS/c11-9-6-5-7-3-1-2-4-8(7)10-9/h1-6,11H. The Morgan fingerprint density at radius 2 is 2.09 bits per heavy atom. The van der Waals surface area contributed by atoms with Crippen molar-refractivity contribution < 1.29 is 4.84 Å². The van der Waals surface area contributed by atoms with E-state index >= 15 is 0 Å². The summed E-state index contributed by atoms with van der Waals surface area (Å²) in [4.78, 5) is 5.24. The van der Waals surface area contributed by atoms with E-state index in [1.807, 2.05) is 30.3 Å². The topological polar surface area (TPSA) is 12.5 Å². The maximum absolute atomic E-state index is 5.24. The molecule has 1 aromatic carbocycles. The van der Waals surface area contributed by atoms with Crippen LogP contribution in [0.3, 0.4) is 0 Å². The Kier molecular flexibility index (Phi) is 1.51. The molecule has 0 amide bonds. The van der Waals surface area contributed by atoms with Crippen LogP contribution in [0, 0.1) is 0 Å². The van der Waals surface area contributed by atoms with E-state index in [-0.39, 0.29) is 0 Å². The van der Waals surface area contributed by atoms with Crippen LogP contribution in [0.4, 0.5) is 0 Å². The van der Waals surface area contributed by atoms with Crippen molar-refractivity contribution >= 4 is 18.9 Å². The van der Waals surface area contributed by atoms with Crippen molar-refractivity contribution in [1.29, 1.82) is 0 Å². The van der Waals surface area contributed by atoms with Gasteiger partial charge >= 0.3 is 0 Å². The van der Waals surface area contributed by atoms with Crippen LogP contribution in [-0.4, -0.2) is 4.47 Å². The lowest BCUT2D eigenvalue weighted by atomic mass is 10.2. The molecular weight excluding hydrogens is 158 g/mol. The molecule has 0 atom stereocenters. The van der Waals surface area contributed by atoms with Crippen molar-refractivity contribution in [2.24, 2.45) is 0 Å². The number of rotatable bonds is 0. The van der Waals surface area contributed by atoms with Crippen LogP contribution >= 0.6 is 12.8 Å². The average molecular weight is 165 g/mol. The summed E-state index contributed by atoms with van der Waals surface area (Å²) < 4.78 is 1.38. The molecule has 1 aliphatic rings. The van der Waals surface area contributed by atoms with Crippen molar-refractivity contribution in [2.45, 2.75) is 0 Å². The maximum atomic E-state index is 5.24. The van der Waals surface area contributed by atoms with E-state index in [9.17, 15) is 0 Å². The Balaban J connectivity index is 2.46. The summed E-state index contributed by atoms with van der Waals surface area (Å²) in [6.45, 7) is 0. The molecular formula is C8H7NOS. The summed E-state index contributed by atoms with van der Waals surface area (Å²) in [5.74, 6) is 0.838.